The fourth-order valence-electron chi connectivity index (χ4n) is 3.89. The molecule has 0 atom stereocenters. The van der Waals surface area contributed by atoms with Gasteiger partial charge in [-0.15, -0.1) is 22.6 Å². The number of piperazine rings is 1. The molecule has 0 saturated carbocycles. The van der Waals surface area contributed by atoms with E-state index in [-0.39, 0.29) is 18.2 Å². The number of nitrogens with zero attached hydrogens (tertiary/aromatic N) is 8. The Balaban J connectivity index is 0.00000245. The molecule has 1 aliphatic rings. The van der Waals surface area contributed by atoms with Gasteiger partial charge in [0.25, 0.3) is 0 Å². The van der Waals surface area contributed by atoms with E-state index < -0.39 is 0 Å². The van der Waals surface area contributed by atoms with Crippen LogP contribution in [0.1, 0.15) is 11.3 Å². The van der Waals surface area contributed by atoms with Crippen LogP contribution >= 0.6 is 12.4 Å². The standard InChI is InChI=1S/C22H24N8O.ClH/c1-14-8-17(13-30-12-15(2)25-21(14)30)16-9-19(31)20(23-10-16)18-11-24-22(27-26-18)29-6-4-28(3)5-7-29;/h8-13,31H,4-7H2,1-3H3;1H. The third-order valence-electron chi connectivity index (χ3n) is 5.63. The molecule has 1 saturated heterocycles. The molecule has 0 amide bonds. The molecular formula is C22H25ClN8O. The summed E-state index contributed by atoms with van der Waals surface area (Å²) in [5.41, 5.74) is 5.52. The first-order valence-corrected chi connectivity index (χ1v) is 10.3. The van der Waals surface area contributed by atoms with Gasteiger partial charge >= 0.3 is 0 Å². The molecule has 1 aliphatic heterocycles. The number of imidazole rings is 1. The van der Waals surface area contributed by atoms with Crippen LogP contribution in [0.15, 0.2) is 36.9 Å². The van der Waals surface area contributed by atoms with E-state index in [4.69, 9.17) is 0 Å². The smallest absolute Gasteiger partial charge is 0.245 e. The van der Waals surface area contributed by atoms with Gasteiger partial charge in [0.2, 0.25) is 5.95 Å². The van der Waals surface area contributed by atoms with E-state index in [0.717, 1.165) is 54.2 Å². The van der Waals surface area contributed by atoms with Gasteiger partial charge in [0.15, 0.2) is 0 Å². The molecular weight excluding hydrogens is 428 g/mol. The maximum Gasteiger partial charge on any atom is 0.245 e. The molecule has 0 unspecified atom stereocenters. The Labute approximate surface area is 192 Å². The monoisotopic (exact) mass is 452 g/mol. The average Bonchev–Trinajstić information content (AvgIpc) is 3.15. The number of halogens is 1. The summed E-state index contributed by atoms with van der Waals surface area (Å²) >= 11 is 0. The quantitative estimate of drug-likeness (QED) is 0.507. The molecule has 1 N–H and O–H groups in total. The Kier molecular flexibility index (Phi) is 5.94. The van der Waals surface area contributed by atoms with Crippen LogP contribution in [-0.4, -0.2) is 72.8 Å². The van der Waals surface area contributed by atoms with Crippen molar-refractivity contribution >= 4 is 24.0 Å². The molecule has 32 heavy (non-hydrogen) atoms. The lowest BCUT2D eigenvalue weighted by Crippen LogP contribution is -2.45. The zero-order valence-corrected chi connectivity index (χ0v) is 19.0. The van der Waals surface area contributed by atoms with Crippen LogP contribution < -0.4 is 4.90 Å². The topological polar surface area (TPSA) is 95.6 Å². The number of aromatic nitrogens is 6. The molecule has 5 heterocycles. The number of hydrogen-bond acceptors (Lipinski definition) is 8. The number of anilines is 1. The molecule has 0 bridgehead atoms. The molecule has 0 aliphatic carbocycles. The summed E-state index contributed by atoms with van der Waals surface area (Å²) in [5, 5.41) is 19.2. The van der Waals surface area contributed by atoms with Gasteiger partial charge in [-0.05, 0) is 38.6 Å². The highest BCUT2D eigenvalue weighted by Gasteiger charge is 2.18. The summed E-state index contributed by atoms with van der Waals surface area (Å²) < 4.78 is 2.00. The van der Waals surface area contributed by atoms with E-state index in [1.807, 2.05) is 36.7 Å². The minimum absolute atomic E-state index is 0. The van der Waals surface area contributed by atoms with Crippen molar-refractivity contribution in [3.05, 3.63) is 48.2 Å². The van der Waals surface area contributed by atoms with Gasteiger partial charge in [-0.25, -0.2) is 15.0 Å². The number of fused-ring (bicyclic) bond motifs is 1. The lowest BCUT2D eigenvalue weighted by molar-refractivity contribution is 0.311. The van der Waals surface area contributed by atoms with Gasteiger partial charge in [0.1, 0.15) is 22.8 Å². The molecule has 4 aromatic heterocycles. The number of aryl methyl sites for hydroxylation is 2. The minimum atomic E-state index is 0. The second kappa shape index (κ2) is 8.68. The van der Waals surface area contributed by atoms with Crippen molar-refractivity contribution in [2.45, 2.75) is 13.8 Å². The normalized spacial score (nSPS) is 14.5. The van der Waals surface area contributed by atoms with Crippen molar-refractivity contribution in [1.82, 2.24) is 34.4 Å². The van der Waals surface area contributed by atoms with Crippen molar-refractivity contribution in [2.75, 3.05) is 38.1 Å². The van der Waals surface area contributed by atoms with E-state index in [2.05, 4.69) is 42.0 Å². The minimum Gasteiger partial charge on any atom is -0.506 e. The SMILES string of the molecule is Cc1cn2cc(-c3cnc(-c4cnc(N5CCN(C)CC5)nn4)c(O)c3)cc(C)c2n1.Cl. The average molecular weight is 453 g/mol. The maximum absolute atomic E-state index is 10.6. The Hall–Kier alpha value is -3.30. The van der Waals surface area contributed by atoms with Gasteiger partial charge < -0.3 is 19.3 Å². The number of aromatic hydroxyl groups is 1. The van der Waals surface area contributed by atoms with Gasteiger partial charge in [-0.2, -0.15) is 0 Å². The Morgan fingerprint density at radius 1 is 0.906 bits per heavy atom. The fourth-order valence-corrected chi connectivity index (χ4v) is 3.89. The van der Waals surface area contributed by atoms with Crippen LogP contribution in [0.3, 0.4) is 0 Å². The molecule has 5 rings (SSSR count). The predicted molar refractivity (Wildman–Crippen MR) is 125 cm³/mol. The lowest BCUT2D eigenvalue weighted by atomic mass is 10.1. The third kappa shape index (κ3) is 4.09. The summed E-state index contributed by atoms with van der Waals surface area (Å²) in [4.78, 5) is 17.8. The second-order valence-electron chi connectivity index (χ2n) is 8.05. The highest BCUT2D eigenvalue weighted by atomic mass is 35.5. The highest BCUT2D eigenvalue weighted by molar-refractivity contribution is 5.85. The second-order valence-corrected chi connectivity index (χ2v) is 8.05. The highest BCUT2D eigenvalue weighted by Crippen LogP contribution is 2.31. The van der Waals surface area contributed by atoms with Crippen LogP contribution in [0, 0.1) is 13.8 Å². The molecule has 0 spiro atoms. The maximum atomic E-state index is 10.6. The number of pyridine rings is 2. The van der Waals surface area contributed by atoms with Gasteiger partial charge in [0.05, 0.1) is 11.9 Å². The Morgan fingerprint density at radius 2 is 1.69 bits per heavy atom. The van der Waals surface area contributed by atoms with E-state index in [0.29, 0.717) is 17.3 Å². The summed E-state index contributed by atoms with van der Waals surface area (Å²) in [6.45, 7) is 7.68. The Morgan fingerprint density at radius 3 is 2.38 bits per heavy atom. The van der Waals surface area contributed by atoms with Crippen molar-refractivity contribution in [3.63, 3.8) is 0 Å². The van der Waals surface area contributed by atoms with E-state index in [1.165, 1.54) is 0 Å². The van der Waals surface area contributed by atoms with Crippen molar-refractivity contribution in [3.8, 4) is 28.3 Å². The van der Waals surface area contributed by atoms with Gasteiger partial charge in [-0.3, -0.25) is 0 Å². The van der Waals surface area contributed by atoms with Crippen LogP contribution in [-0.2, 0) is 0 Å². The Bertz CT molecular complexity index is 1250. The number of likely N-dealkylation sites (N-methyl/N-ethyl adjacent to an activating group) is 1. The molecule has 166 valence electrons. The largest absolute Gasteiger partial charge is 0.506 e. The zero-order chi connectivity index (χ0) is 21.5. The third-order valence-corrected chi connectivity index (χ3v) is 5.63. The predicted octanol–water partition coefficient (Wildman–Crippen LogP) is 2.74. The zero-order valence-electron chi connectivity index (χ0n) is 18.2. The first-order valence-electron chi connectivity index (χ1n) is 10.3. The van der Waals surface area contributed by atoms with Crippen molar-refractivity contribution < 1.29 is 5.11 Å². The fraction of sp³-hybridized carbons (Fsp3) is 0.318. The van der Waals surface area contributed by atoms with E-state index >= 15 is 0 Å². The number of rotatable bonds is 3. The van der Waals surface area contributed by atoms with Gasteiger partial charge in [0, 0.05) is 55.9 Å². The summed E-state index contributed by atoms with van der Waals surface area (Å²) in [6, 6.07) is 3.74. The molecule has 0 aromatic carbocycles. The first kappa shape index (κ1) is 21.9. The van der Waals surface area contributed by atoms with E-state index in [1.54, 1.807) is 18.5 Å². The lowest BCUT2D eigenvalue weighted by Gasteiger charge is -2.31. The van der Waals surface area contributed by atoms with Crippen LogP contribution in [0.2, 0.25) is 0 Å². The van der Waals surface area contributed by atoms with Crippen molar-refractivity contribution in [1.29, 1.82) is 0 Å². The molecule has 10 heteroatoms. The molecule has 9 nitrogen and oxygen atoms in total. The molecule has 0 radical (unpaired) electrons. The van der Waals surface area contributed by atoms with Gasteiger partial charge in [-0.1, -0.05) is 0 Å². The van der Waals surface area contributed by atoms with Crippen LogP contribution in [0.25, 0.3) is 28.2 Å². The van der Waals surface area contributed by atoms with Crippen molar-refractivity contribution in [2.24, 2.45) is 0 Å². The summed E-state index contributed by atoms with van der Waals surface area (Å²) in [5.74, 6) is 0.646. The van der Waals surface area contributed by atoms with E-state index in [9.17, 15) is 5.11 Å². The molecule has 1 fully saturated rings. The van der Waals surface area contributed by atoms with Crippen LogP contribution in [0.5, 0.6) is 5.75 Å². The van der Waals surface area contributed by atoms with Crippen LogP contribution in [0.4, 0.5) is 5.95 Å². The first-order chi connectivity index (χ1) is 15.0. The molecule has 4 aromatic rings. The summed E-state index contributed by atoms with van der Waals surface area (Å²) in [7, 11) is 2.10. The summed E-state index contributed by atoms with van der Waals surface area (Å²) in [6.07, 6.45) is 7.32. The number of hydrogen-bond donors (Lipinski definition) is 1.